The second kappa shape index (κ2) is 10.8. The normalized spacial score (nSPS) is 12.3. The number of nitrogens with one attached hydrogen (secondary N) is 1. The second-order valence-electron chi connectivity index (χ2n) is 5.72. The summed E-state index contributed by atoms with van der Waals surface area (Å²) in [5.74, 6) is 0. The van der Waals surface area contributed by atoms with Gasteiger partial charge in [0.05, 0.1) is 0 Å². The molecule has 0 saturated carbocycles. The van der Waals surface area contributed by atoms with Gasteiger partial charge in [0.2, 0.25) is 0 Å². The summed E-state index contributed by atoms with van der Waals surface area (Å²) in [5, 5.41) is 3.40. The van der Waals surface area contributed by atoms with Gasteiger partial charge in [-0.25, -0.2) is 0 Å². The van der Waals surface area contributed by atoms with Crippen molar-refractivity contribution in [1.82, 2.24) is 10.2 Å². The fourth-order valence-electron chi connectivity index (χ4n) is 2.66. The Morgan fingerprint density at radius 2 is 1.39 bits per heavy atom. The SMILES string of the molecule is CCCCN(CCCC)CC(CC)(CC)CNC. The number of hydrogen-bond acceptors (Lipinski definition) is 2. The second-order valence-corrected chi connectivity index (χ2v) is 5.72. The quantitative estimate of drug-likeness (QED) is 0.569. The van der Waals surface area contributed by atoms with Gasteiger partial charge in [-0.2, -0.15) is 0 Å². The number of rotatable bonds is 12. The van der Waals surface area contributed by atoms with Crippen LogP contribution >= 0.6 is 0 Å². The topological polar surface area (TPSA) is 15.3 Å². The lowest BCUT2D eigenvalue weighted by Crippen LogP contribution is -2.43. The molecule has 2 nitrogen and oxygen atoms in total. The Labute approximate surface area is 116 Å². The van der Waals surface area contributed by atoms with Crippen molar-refractivity contribution in [3.05, 3.63) is 0 Å². The zero-order chi connectivity index (χ0) is 13.9. The van der Waals surface area contributed by atoms with E-state index in [0.717, 1.165) is 6.54 Å². The molecule has 0 amide bonds. The smallest absolute Gasteiger partial charge is 0.00499 e. The molecule has 0 saturated heterocycles. The molecule has 0 unspecified atom stereocenters. The summed E-state index contributed by atoms with van der Waals surface area (Å²) in [5.41, 5.74) is 0.468. The van der Waals surface area contributed by atoms with Crippen molar-refractivity contribution in [2.45, 2.75) is 66.2 Å². The number of hydrogen-bond donors (Lipinski definition) is 1. The minimum atomic E-state index is 0.468. The van der Waals surface area contributed by atoms with E-state index in [2.05, 4.69) is 45.0 Å². The fraction of sp³-hybridized carbons (Fsp3) is 1.00. The van der Waals surface area contributed by atoms with Gasteiger partial charge in [-0.3, -0.25) is 0 Å². The van der Waals surface area contributed by atoms with E-state index in [1.807, 2.05) is 0 Å². The summed E-state index contributed by atoms with van der Waals surface area (Å²) >= 11 is 0. The molecule has 0 rings (SSSR count). The third-order valence-electron chi connectivity index (χ3n) is 4.27. The predicted octanol–water partition coefficient (Wildman–Crippen LogP) is 3.91. The molecule has 0 aliphatic carbocycles. The monoisotopic (exact) mass is 256 g/mol. The van der Waals surface area contributed by atoms with E-state index >= 15 is 0 Å². The van der Waals surface area contributed by atoms with Gasteiger partial charge in [0, 0.05) is 13.1 Å². The Morgan fingerprint density at radius 3 is 1.72 bits per heavy atom. The van der Waals surface area contributed by atoms with Crippen molar-refractivity contribution in [3.63, 3.8) is 0 Å². The molecule has 0 aromatic carbocycles. The molecule has 2 heteroatoms. The Balaban J connectivity index is 4.45. The molecule has 18 heavy (non-hydrogen) atoms. The van der Waals surface area contributed by atoms with Crippen LogP contribution in [0.15, 0.2) is 0 Å². The van der Waals surface area contributed by atoms with Crippen LogP contribution in [0.5, 0.6) is 0 Å². The lowest BCUT2D eigenvalue weighted by atomic mass is 9.81. The van der Waals surface area contributed by atoms with Gasteiger partial charge in [-0.1, -0.05) is 40.5 Å². The van der Waals surface area contributed by atoms with E-state index in [1.165, 1.54) is 58.2 Å². The van der Waals surface area contributed by atoms with Gasteiger partial charge < -0.3 is 10.2 Å². The van der Waals surface area contributed by atoms with Crippen molar-refractivity contribution in [2.75, 3.05) is 33.2 Å². The van der Waals surface area contributed by atoms with Gasteiger partial charge in [0.15, 0.2) is 0 Å². The van der Waals surface area contributed by atoms with E-state index in [0.29, 0.717) is 5.41 Å². The lowest BCUT2D eigenvalue weighted by molar-refractivity contribution is 0.133. The highest BCUT2D eigenvalue weighted by Gasteiger charge is 2.27. The summed E-state index contributed by atoms with van der Waals surface area (Å²) in [6.45, 7) is 14.2. The van der Waals surface area contributed by atoms with Gasteiger partial charge in [-0.15, -0.1) is 0 Å². The van der Waals surface area contributed by atoms with Gasteiger partial charge >= 0.3 is 0 Å². The van der Waals surface area contributed by atoms with Crippen LogP contribution < -0.4 is 5.32 Å². The average Bonchev–Trinajstić information content (AvgIpc) is 2.41. The predicted molar refractivity (Wildman–Crippen MR) is 83.2 cm³/mol. The van der Waals surface area contributed by atoms with Crippen molar-refractivity contribution >= 4 is 0 Å². The van der Waals surface area contributed by atoms with E-state index < -0.39 is 0 Å². The van der Waals surface area contributed by atoms with Crippen molar-refractivity contribution in [1.29, 1.82) is 0 Å². The zero-order valence-corrected chi connectivity index (χ0v) is 13.5. The molecule has 0 aromatic rings. The molecule has 0 aliphatic rings. The summed E-state index contributed by atoms with van der Waals surface area (Å²) in [4.78, 5) is 2.71. The Kier molecular flexibility index (Phi) is 10.8. The molecule has 0 fully saturated rings. The largest absolute Gasteiger partial charge is 0.319 e. The first-order valence-electron chi connectivity index (χ1n) is 8.04. The Bertz CT molecular complexity index is 168. The summed E-state index contributed by atoms with van der Waals surface area (Å²) in [6.07, 6.45) is 7.84. The standard InChI is InChI=1S/C16H36N2/c1-6-10-12-18(13-11-7-2)15-16(8-3,9-4)14-17-5/h17H,6-15H2,1-5H3. The molecule has 0 radical (unpaired) electrons. The lowest BCUT2D eigenvalue weighted by Gasteiger charge is -2.37. The van der Waals surface area contributed by atoms with E-state index in [-0.39, 0.29) is 0 Å². The first-order chi connectivity index (χ1) is 8.67. The molecular weight excluding hydrogens is 220 g/mol. The van der Waals surface area contributed by atoms with Crippen LogP contribution in [0.25, 0.3) is 0 Å². The highest BCUT2D eigenvalue weighted by Crippen LogP contribution is 2.27. The highest BCUT2D eigenvalue weighted by molar-refractivity contribution is 4.82. The van der Waals surface area contributed by atoms with Gasteiger partial charge in [0.1, 0.15) is 0 Å². The fourth-order valence-corrected chi connectivity index (χ4v) is 2.66. The third-order valence-corrected chi connectivity index (χ3v) is 4.27. The minimum Gasteiger partial charge on any atom is -0.319 e. The molecule has 0 spiro atoms. The maximum absolute atomic E-state index is 3.40. The highest BCUT2D eigenvalue weighted by atomic mass is 15.1. The molecule has 0 aliphatic heterocycles. The summed E-state index contributed by atoms with van der Waals surface area (Å²) in [7, 11) is 2.09. The van der Waals surface area contributed by atoms with Crippen LogP contribution in [0.1, 0.15) is 66.2 Å². The zero-order valence-electron chi connectivity index (χ0n) is 13.5. The van der Waals surface area contributed by atoms with Crippen LogP contribution in [0.2, 0.25) is 0 Å². The Morgan fingerprint density at radius 1 is 0.889 bits per heavy atom. The summed E-state index contributed by atoms with van der Waals surface area (Å²) < 4.78 is 0. The van der Waals surface area contributed by atoms with Crippen LogP contribution in [0.3, 0.4) is 0 Å². The van der Waals surface area contributed by atoms with Crippen LogP contribution in [0, 0.1) is 5.41 Å². The van der Waals surface area contributed by atoms with Crippen LogP contribution in [-0.4, -0.2) is 38.1 Å². The van der Waals surface area contributed by atoms with E-state index in [9.17, 15) is 0 Å². The Hall–Kier alpha value is -0.0800. The number of unbranched alkanes of at least 4 members (excludes halogenated alkanes) is 2. The molecular formula is C16H36N2. The molecule has 0 heterocycles. The maximum Gasteiger partial charge on any atom is 0.00499 e. The first kappa shape index (κ1) is 17.9. The molecule has 110 valence electrons. The molecule has 1 N–H and O–H groups in total. The van der Waals surface area contributed by atoms with Gasteiger partial charge in [0.25, 0.3) is 0 Å². The van der Waals surface area contributed by atoms with E-state index in [1.54, 1.807) is 0 Å². The minimum absolute atomic E-state index is 0.468. The number of nitrogens with zero attached hydrogens (tertiary/aromatic N) is 1. The van der Waals surface area contributed by atoms with Gasteiger partial charge in [-0.05, 0) is 51.2 Å². The van der Waals surface area contributed by atoms with Crippen molar-refractivity contribution in [2.24, 2.45) is 5.41 Å². The molecule has 0 aromatic heterocycles. The van der Waals surface area contributed by atoms with Crippen LogP contribution in [0.4, 0.5) is 0 Å². The average molecular weight is 256 g/mol. The van der Waals surface area contributed by atoms with Crippen LogP contribution in [-0.2, 0) is 0 Å². The third kappa shape index (κ3) is 6.75. The summed E-state index contributed by atoms with van der Waals surface area (Å²) in [6, 6.07) is 0. The van der Waals surface area contributed by atoms with Crippen molar-refractivity contribution < 1.29 is 0 Å². The van der Waals surface area contributed by atoms with Crippen molar-refractivity contribution in [3.8, 4) is 0 Å². The van der Waals surface area contributed by atoms with E-state index in [4.69, 9.17) is 0 Å². The first-order valence-corrected chi connectivity index (χ1v) is 8.04. The maximum atomic E-state index is 3.40. The molecule has 0 atom stereocenters. The molecule has 0 bridgehead atoms.